The molecule has 1 atom stereocenters. The summed E-state index contributed by atoms with van der Waals surface area (Å²) in [5.74, 6) is 6.02. The van der Waals surface area contributed by atoms with Gasteiger partial charge in [-0.1, -0.05) is 13.8 Å². The summed E-state index contributed by atoms with van der Waals surface area (Å²) in [5, 5.41) is 14.2. The predicted molar refractivity (Wildman–Crippen MR) is 81.9 cm³/mol. The lowest BCUT2D eigenvalue weighted by molar-refractivity contribution is -0.384. The molecule has 0 aliphatic heterocycles. The van der Waals surface area contributed by atoms with Gasteiger partial charge < -0.3 is 10.2 Å². The van der Waals surface area contributed by atoms with Crippen LogP contribution in [-0.4, -0.2) is 46.5 Å². The average molecular weight is 297 g/mol. The fourth-order valence-electron chi connectivity index (χ4n) is 2.07. The Kier molecular flexibility index (Phi) is 6.25. The number of likely N-dealkylation sites (N-methyl/N-ethyl adjacent to an activating group) is 1. The number of nitrogen functional groups attached to an aromatic ring is 1. The van der Waals surface area contributed by atoms with Crippen molar-refractivity contribution in [3.8, 4) is 0 Å². The van der Waals surface area contributed by atoms with E-state index in [0.29, 0.717) is 5.92 Å². The molecule has 1 aromatic rings. The van der Waals surface area contributed by atoms with Gasteiger partial charge in [-0.05, 0) is 26.4 Å². The smallest absolute Gasteiger partial charge is 0.329 e. The Morgan fingerprint density at radius 2 is 2.14 bits per heavy atom. The molecule has 1 aromatic heterocycles. The van der Waals surface area contributed by atoms with Gasteiger partial charge in [0.25, 0.3) is 0 Å². The third-order valence-electron chi connectivity index (χ3n) is 2.78. The normalized spacial score (nSPS) is 12.5. The molecule has 0 aliphatic carbocycles. The van der Waals surface area contributed by atoms with Crippen molar-refractivity contribution in [3.05, 3.63) is 16.3 Å². The highest BCUT2D eigenvalue weighted by Crippen LogP contribution is 2.23. The third-order valence-corrected chi connectivity index (χ3v) is 2.78. The molecule has 0 aromatic carbocycles. The Bertz CT molecular complexity index is 469. The van der Waals surface area contributed by atoms with E-state index in [1.165, 1.54) is 0 Å². The summed E-state index contributed by atoms with van der Waals surface area (Å²) >= 11 is 0. The van der Waals surface area contributed by atoms with Crippen molar-refractivity contribution in [1.82, 2.24) is 14.9 Å². The van der Waals surface area contributed by atoms with Crippen LogP contribution in [0.4, 0.5) is 17.5 Å². The monoisotopic (exact) mass is 297 g/mol. The lowest BCUT2D eigenvalue weighted by atomic mass is 10.0. The van der Waals surface area contributed by atoms with E-state index in [0.717, 1.165) is 19.2 Å². The molecule has 9 nitrogen and oxygen atoms in total. The number of nitro groups is 1. The number of nitrogens with two attached hydrogens (primary N) is 1. The summed E-state index contributed by atoms with van der Waals surface area (Å²) in [6.45, 7) is 4.95. The quantitative estimate of drug-likeness (QED) is 0.370. The summed E-state index contributed by atoms with van der Waals surface area (Å²) in [5.41, 5.74) is 2.13. The number of nitrogens with zero attached hydrogens (tertiary/aromatic N) is 4. The van der Waals surface area contributed by atoms with Crippen molar-refractivity contribution in [2.24, 2.45) is 11.8 Å². The van der Waals surface area contributed by atoms with Crippen LogP contribution >= 0.6 is 0 Å². The standard InChI is InChI=1S/C12H23N7O2/c1-8(2)5-9(7-18(3)4)15-11-10(19(20)21)6-14-12(16-11)17-13/h6,8-9H,5,7,13H2,1-4H3,(H2,14,15,16,17). The summed E-state index contributed by atoms with van der Waals surface area (Å²) in [6, 6.07) is 0.0409. The van der Waals surface area contributed by atoms with Crippen molar-refractivity contribution in [3.63, 3.8) is 0 Å². The Morgan fingerprint density at radius 1 is 1.48 bits per heavy atom. The summed E-state index contributed by atoms with van der Waals surface area (Å²) < 4.78 is 0. The molecule has 0 aliphatic rings. The van der Waals surface area contributed by atoms with E-state index in [9.17, 15) is 10.1 Å². The van der Waals surface area contributed by atoms with Gasteiger partial charge in [-0.15, -0.1) is 0 Å². The first-order valence-corrected chi connectivity index (χ1v) is 6.72. The number of aromatic nitrogens is 2. The molecule has 1 heterocycles. The van der Waals surface area contributed by atoms with E-state index < -0.39 is 4.92 Å². The highest BCUT2D eigenvalue weighted by Gasteiger charge is 2.21. The van der Waals surface area contributed by atoms with Gasteiger partial charge in [0, 0.05) is 12.6 Å². The van der Waals surface area contributed by atoms with Crippen molar-refractivity contribution < 1.29 is 4.92 Å². The van der Waals surface area contributed by atoms with Gasteiger partial charge in [-0.25, -0.2) is 10.8 Å². The molecule has 0 saturated heterocycles. The van der Waals surface area contributed by atoms with Gasteiger partial charge in [-0.2, -0.15) is 4.98 Å². The Hall–Kier alpha value is -2.00. The first kappa shape index (κ1) is 17.1. The van der Waals surface area contributed by atoms with E-state index >= 15 is 0 Å². The SMILES string of the molecule is CC(C)CC(CN(C)C)Nc1nc(NN)ncc1[N+](=O)[O-]. The second-order valence-corrected chi connectivity index (χ2v) is 5.56. The van der Waals surface area contributed by atoms with Gasteiger partial charge in [-0.3, -0.25) is 15.5 Å². The van der Waals surface area contributed by atoms with Gasteiger partial charge >= 0.3 is 5.69 Å². The van der Waals surface area contributed by atoms with Crippen LogP contribution in [0.3, 0.4) is 0 Å². The lowest BCUT2D eigenvalue weighted by Gasteiger charge is -2.24. The number of nitrogens with one attached hydrogen (secondary N) is 2. The van der Waals surface area contributed by atoms with Crippen LogP contribution in [0.25, 0.3) is 0 Å². The van der Waals surface area contributed by atoms with Gasteiger partial charge in [0.05, 0.1) is 4.92 Å². The first-order valence-electron chi connectivity index (χ1n) is 6.72. The second-order valence-electron chi connectivity index (χ2n) is 5.56. The first-order chi connectivity index (χ1) is 9.83. The largest absolute Gasteiger partial charge is 0.360 e. The molecule has 9 heteroatoms. The minimum absolute atomic E-state index is 0.0409. The zero-order chi connectivity index (χ0) is 16.0. The molecule has 0 bridgehead atoms. The maximum Gasteiger partial charge on any atom is 0.329 e. The maximum atomic E-state index is 11.1. The Labute approximate surface area is 124 Å². The highest BCUT2D eigenvalue weighted by atomic mass is 16.6. The molecule has 21 heavy (non-hydrogen) atoms. The zero-order valence-electron chi connectivity index (χ0n) is 12.8. The summed E-state index contributed by atoms with van der Waals surface area (Å²) in [7, 11) is 3.91. The van der Waals surface area contributed by atoms with E-state index in [1.54, 1.807) is 0 Å². The van der Waals surface area contributed by atoms with Gasteiger partial charge in [0.1, 0.15) is 6.20 Å². The maximum absolute atomic E-state index is 11.1. The van der Waals surface area contributed by atoms with Crippen LogP contribution in [0.15, 0.2) is 6.20 Å². The van der Waals surface area contributed by atoms with E-state index in [1.807, 2.05) is 19.0 Å². The fraction of sp³-hybridized carbons (Fsp3) is 0.667. The van der Waals surface area contributed by atoms with Crippen molar-refractivity contribution >= 4 is 17.5 Å². The second kappa shape index (κ2) is 7.70. The lowest BCUT2D eigenvalue weighted by Crippen LogP contribution is -2.34. The van der Waals surface area contributed by atoms with Crippen LogP contribution in [0.1, 0.15) is 20.3 Å². The fourth-order valence-corrected chi connectivity index (χ4v) is 2.07. The molecule has 4 N–H and O–H groups in total. The molecular weight excluding hydrogens is 274 g/mol. The zero-order valence-corrected chi connectivity index (χ0v) is 12.8. The molecule has 0 saturated carbocycles. The number of hydrazine groups is 1. The molecule has 1 unspecified atom stereocenters. The van der Waals surface area contributed by atoms with Crippen LogP contribution in [-0.2, 0) is 0 Å². The van der Waals surface area contributed by atoms with Crippen LogP contribution in [0.2, 0.25) is 0 Å². The minimum Gasteiger partial charge on any atom is -0.360 e. The molecule has 0 radical (unpaired) electrons. The van der Waals surface area contributed by atoms with Crippen molar-refractivity contribution in [1.29, 1.82) is 0 Å². The van der Waals surface area contributed by atoms with E-state index in [2.05, 4.69) is 34.6 Å². The molecule has 0 spiro atoms. The molecule has 1 rings (SSSR count). The van der Waals surface area contributed by atoms with Crippen molar-refractivity contribution in [2.75, 3.05) is 31.4 Å². The summed E-state index contributed by atoms with van der Waals surface area (Å²) in [6.07, 6.45) is 2.01. The van der Waals surface area contributed by atoms with Crippen molar-refractivity contribution in [2.45, 2.75) is 26.3 Å². The minimum atomic E-state index is -0.509. The topological polar surface area (TPSA) is 122 Å². The number of anilines is 2. The van der Waals surface area contributed by atoms with E-state index in [-0.39, 0.29) is 23.5 Å². The Balaban J connectivity index is 3.02. The number of hydrogen-bond acceptors (Lipinski definition) is 8. The molecule has 0 fully saturated rings. The number of rotatable bonds is 8. The van der Waals surface area contributed by atoms with Crippen LogP contribution in [0, 0.1) is 16.0 Å². The Morgan fingerprint density at radius 3 is 2.62 bits per heavy atom. The molecule has 118 valence electrons. The van der Waals surface area contributed by atoms with Gasteiger partial charge in [0.2, 0.25) is 11.8 Å². The van der Waals surface area contributed by atoms with Gasteiger partial charge in [0.15, 0.2) is 0 Å². The van der Waals surface area contributed by atoms with Crippen LogP contribution in [0.5, 0.6) is 0 Å². The molecule has 0 amide bonds. The number of hydrogen-bond donors (Lipinski definition) is 3. The highest BCUT2D eigenvalue weighted by molar-refractivity contribution is 5.57. The summed E-state index contributed by atoms with van der Waals surface area (Å²) in [4.78, 5) is 20.4. The van der Waals surface area contributed by atoms with Crippen LogP contribution < -0.4 is 16.6 Å². The van der Waals surface area contributed by atoms with E-state index in [4.69, 9.17) is 5.84 Å². The predicted octanol–water partition coefficient (Wildman–Crippen LogP) is 1.06. The average Bonchev–Trinajstić information content (AvgIpc) is 2.36. The molecular formula is C12H23N7O2. The third kappa shape index (κ3) is 5.48.